The van der Waals surface area contributed by atoms with Gasteiger partial charge < -0.3 is 14.4 Å². The molecule has 4 aromatic carbocycles. The van der Waals surface area contributed by atoms with Gasteiger partial charge in [-0.2, -0.15) is 0 Å². The van der Waals surface area contributed by atoms with Gasteiger partial charge in [-0.15, -0.1) is 0 Å². The molecule has 0 aliphatic rings. The van der Waals surface area contributed by atoms with Crippen LogP contribution in [0, 0.1) is 13.8 Å². The third-order valence-corrected chi connectivity index (χ3v) is 6.49. The van der Waals surface area contributed by atoms with Crippen molar-refractivity contribution in [3.05, 3.63) is 106 Å². The molecule has 0 aliphatic carbocycles. The van der Waals surface area contributed by atoms with E-state index >= 15 is 0 Å². The fourth-order valence-corrected chi connectivity index (χ4v) is 4.86. The first-order chi connectivity index (χ1) is 16.9. The molecule has 0 radical (unpaired) electrons. The minimum absolute atomic E-state index is 0.188. The monoisotopic (exact) mass is 464 g/mol. The van der Waals surface area contributed by atoms with Crippen molar-refractivity contribution in [3.63, 3.8) is 0 Å². The average Bonchev–Trinajstić information content (AvgIpc) is 3.20. The number of aromatic carboxylic acids is 1. The summed E-state index contributed by atoms with van der Waals surface area (Å²) in [6.45, 7) is 7.30. The fourth-order valence-electron chi connectivity index (χ4n) is 4.86. The number of carboxylic acids is 1. The SMILES string of the molecule is CCc1nc2cc(C)cc(C)c2n1Cc1ccc(OCc2c(C(=O)O)ccc3ccccc23)cc1. The Balaban J connectivity index is 1.39. The second-order valence-corrected chi connectivity index (χ2v) is 8.97. The van der Waals surface area contributed by atoms with Crippen molar-refractivity contribution in [2.75, 3.05) is 0 Å². The Hall–Kier alpha value is -4.12. The van der Waals surface area contributed by atoms with Crippen molar-refractivity contribution in [3.8, 4) is 5.75 Å². The second kappa shape index (κ2) is 9.26. The van der Waals surface area contributed by atoms with E-state index < -0.39 is 5.97 Å². The molecule has 1 N–H and O–H groups in total. The van der Waals surface area contributed by atoms with E-state index in [1.165, 1.54) is 16.6 Å². The molecular formula is C30H28N2O3. The van der Waals surface area contributed by atoms with Gasteiger partial charge in [0.15, 0.2) is 0 Å². The molecule has 0 aliphatic heterocycles. The van der Waals surface area contributed by atoms with Crippen molar-refractivity contribution in [2.24, 2.45) is 0 Å². The second-order valence-electron chi connectivity index (χ2n) is 8.97. The van der Waals surface area contributed by atoms with Crippen molar-refractivity contribution in [1.82, 2.24) is 9.55 Å². The summed E-state index contributed by atoms with van der Waals surface area (Å²) in [5.41, 5.74) is 6.79. The Morgan fingerprint density at radius 3 is 2.51 bits per heavy atom. The van der Waals surface area contributed by atoms with Crippen LogP contribution in [0.3, 0.4) is 0 Å². The summed E-state index contributed by atoms with van der Waals surface area (Å²) in [4.78, 5) is 16.7. The standard InChI is InChI=1S/C30H28N2O3/c1-4-28-31-27-16-19(2)15-20(3)29(27)32(28)17-21-9-12-23(13-10-21)35-18-26-24-8-6-5-7-22(24)11-14-25(26)30(33)34/h5-16H,4,17-18H2,1-3H3,(H,33,34). The maximum atomic E-state index is 11.8. The van der Waals surface area contributed by atoms with E-state index in [-0.39, 0.29) is 12.2 Å². The molecule has 5 rings (SSSR count). The number of fused-ring (bicyclic) bond motifs is 2. The summed E-state index contributed by atoms with van der Waals surface area (Å²) >= 11 is 0. The number of carboxylic acid groups (broad SMARTS) is 1. The quantitative estimate of drug-likeness (QED) is 0.291. The molecule has 0 atom stereocenters. The third kappa shape index (κ3) is 4.37. The number of rotatable bonds is 7. The first-order valence-corrected chi connectivity index (χ1v) is 11.9. The number of ether oxygens (including phenoxy) is 1. The Kier molecular flexibility index (Phi) is 6.00. The van der Waals surface area contributed by atoms with Crippen LogP contribution in [0.1, 0.15) is 45.4 Å². The van der Waals surface area contributed by atoms with Gasteiger partial charge in [0.2, 0.25) is 0 Å². The summed E-state index contributed by atoms with van der Waals surface area (Å²) in [5.74, 6) is 0.830. The lowest BCUT2D eigenvalue weighted by molar-refractivity contribution is 0.0694. The van der Waals surface area contributed by atoms with Crippen LogP contribution in [0.15, 0.2) is 72.8 Å². The summed E-state index contributed by atoms with van der Waals surface area (Å²) in [6.07, 6.45) is 0.866. The molecule has 5 aromatic rings. The fraction of sp³-hybridized carbons (Fsp3) is 0.200. The summed E-state index contributed by atoms with van der Waals surface area (Å²) in [7, 11) is 0. The first-order valence-electron chi connectivity index (χ1n) is 11.9. The van der Waals surface area contributed by atoms with Gasteiger partial charge in [0.25, 0.3) is 0 Å². The van der Waals surface area contributed by atoms with Gasteiger partial charge in [0, 0.05) is 18.5 Å². The van der Waals surface area contributed by atoms with E-state index in [0.29, 0.717) is 11.3 Å². The van der Waals surface area contributed by atoms with Crippen molar-refractivity contribution in [2.45, 2.75) is 40.3 Å². The number of hydrogen-bond donors (Lipinski definition) is 1. The van der Waals surface area contributed by atoms with Crippen molar-refractivity contribution >= 4 is 27.8 Å². The molecule has 0 fully saturated rings. The van der Waals surface area contributed by atoms with Gasteiger partial charge in [-0.1, -0.05) is 55.5 Å². The lowest BCUT2D eigenvalue weighted by atomic mass is 9.99. The van der Waals surface area contributed by atoms with Crippen LogP contribution in [-0.2, 0) is 19.6 Å². The lowest BCUT2D eigenvalue weighted by Gasteiger charge is -2.13. The first kappa shape index (κ1) is 22.7. The number of carbonyl (C=O) groups is 1. The topological polar surface area (TPSA) is 64.4 Å². The molecule has 0 bridgehead atoms. The number of benzene rings is 4. The normalized spacial score (nSPS) is 11.3. The highest BCUT2D eigenvalue weighted by molar-refractivity contribution is 5.97. The molecule has 0 unspecified atom stereocenters. The molecule has 0 amide bonds. The van der Waals surface area contributed by atoms with Crippen LogP contribution in [0.2, 0.25) is 0 Å². The van der Waals surface area contributed by atoms with E-state index in [0.717, 1.165) is 40.6 Å². The molecule has 1 aromatic heterocycles. The van der Waals surface area contributed by atoms with Crippen molar-refractivity contribution < 1.29 is 14.6 Å². The Morgan fingerprint density at radius 1 is 1.00 bits per heavy atom. The lowest BCUT2D eigenvalue weighted by Crippen LogP contribution is -2.07. The minimum atomic E-state index is -0.950. The van der Waals surface area contributed by atoms with E-state index in [2.05, 4.69) is 49.6 Å². The van der Waals surface area contributed by atoms with E-state index in [1.807, 2.05) is 42.5 Å². The highest BCUT2D eigenvalue weighted by Gasteiger charge is 2.15. The number of aryl methyl sites for hydroxylation is 3. The molecule has 5 nitrogen and oxygen atoms in total. The highest BCUT2D eigenvalue weighted by Crippen LogP contribution is 2.26. The molecule has 176 valence electrons. The zero-order chi connectivity index (χ0) is 24.5. The van der Waals surface area contributed by atoms with Gasteiger partial charge in [-0.3, -0.25) is 0 Å². The minimum Gasteiger partial charge on any atom is -0.489 e. The van der Waals surface area contributed by atoms with Crippen LogP contribution in [-0.4, -0.2) is 20.6 Å². The Morgan fingerprint density at radius 2 is 1.77 bits per heavy atom. The van der Waals surface area contributed by atoms with E-state index in [4.69, 9.17) is 9.72 Å². The van der Waals surface area contributed by atoms with Gasteiger partial charge in [0.1, 0.15) is 18.2 Å². The molecule has 35 heavy (non-hydrogen) atoms. The molecule has 0 saturated carbocycles. The van der Waals surface area contributed by atoms with Crippen LogP contribution >= 0.6 is 0 Å². The summed E-state index contributed by atoms with van der Waals surface area (Å²) in [6, 6.07) is 23.6. The number of hydrogen-bond acceptors (Lipinski definition) is 3. The molecule has 0 spiro atoms. The van der Waals surface area contributed by atoms with Crippen LogP contribution in [0.4, 0.5) is 0 Å². The van der Waals surface area contributed by atoms with Gasteiger partial charge in [-0.25, -0.2) is 9.78 Å². The third-order valence-electron chi connectivity index (χ3n) is 6.49. The smallest absolute Gasteiger partial charge is 0.336 e. The number of aromatic nitrogens is 2. The van der Waals surface area contributed by atoms with Crippen LogP contribution in [0.25, 0.3) is 21.8 Å². The van der Waals surface area contributed by atoms with Crippen LogP contribution < -0.4 is 4.74 Å². The summed E-state index contributed by atoms with van der Waals surface area (Å²) in [5, 5.41) is 11.6. The van der Waals surface area contributed by atoms with Gasteiger partial charge >= 0.3 is 5.97 Å². The van der Waals surface area contributed by atoms with Crippen molar-refractivity contribution in [1.29, 1.82) is 0 Å². The largest absolute Gasteiger partial charge is 0.489 e. The molecular weight excluding hydrogens is 436 g/mol. The molecule has 5 heteroatoms. The molecule has 0 saturated heterocycles. The zero-order valence-electron chi connectivity index (χ0n) is 20.2. The maximum Gasteiger partial charge on any atom is 0.336 e. The summed E-state index contributed by atoms with van der Waals surface area (Å²) < 4.78 is 8.35. The average molecular weight is 465 g/mol. The number of nitrogens with zero attached hydrogens (tertiary/aromatic N) is 2. The van der Waals surface area contributed by atoms with E-state index in [1.54, 1.807) is 6.07 Å². The van der Waals surface area contributed by atoms with Gasteiger partial charge in [-0.05, 0) is 65.6 Å². The maximum absolute atomic E-state index is 11.8. The predicted octanol–water partition coefficient (Wildman–Crippen LogP) is 6.69. The van der Waals surface area contributed by atoms with Crippen LogP contribution in [0.5, 0.6) is 5.75 Å². The highest BCUT2D eigenvalue weighted by atomic mass is 16.5. The zero-order valence-corrected chi connectivity index (χ0v) is 20.2. The molecule has 1 heterocycles. The Bertz CT molecular complexity index is 1550. The Labute approximate surface area is 204 Å². The van der Waals surface area contributed by atoms with Gasteiger partial charge in [0.05, 0.1) is 16.6 Å². The predicted molar refractivity (Wildman–Crippen MR) is 139 cm³/mol. The van der Waals surface area contributed by atoms with E-state index in [9.17, 15) is 9.90 Å². The number of imidazole rings is 1.